The molecule has 2 aliphatic heterocycles. The zero-order chi connectivity index (χ0) is 28.1. The Labute approximate surface area is 239 Å². The minimum Gasteiger partial charge on any atom is -0.393 e. The molecule has 0 unspecified atom stereocenters. The molecule has 0 aromatic carbocycles. The predicted molar refractivity (Wildman–Crippen MR) is 177 cm³/mol. The van der Waals surface area contributed by atoms with Gasteiger partial charge in [0, 0.05) is 26.3 Å². The lowest BCUT2D eigenvalue weighted by Crippen LogP contribution is -2.56. The van der Waals surface area contributed by atoms with E-state index in [1.165, 1.54) is 37.3 Å². The number of hydrogen-bond donors (Lipinski definition) is 0. The van der Waals surface area contributed by atoms with Crippen LogP contribution in [-0.2, 0) is 8.85 Å². The summed E-state index contributed by atoms with van der Waals surface area (Å²) in [5.41, 5.74) is 0.438. The molecule has 0 saturated carbocycles. The molecule has 0 aromatic heterocycles. The molecule has 0 bridgehead atoms. The minimum absolute atomic E-state index is 0.0761. The van der Waals surface area contributed by atoms with Crippen LogP contribution in [0.4, 0.5) is 0 Å². The van der Waals surface area contributed by atoms with Crippen molar-refractivity contribution in [2.45, 2.75) is 90.1 Å². The van der Waals surface area contributed by atoms with Gasteiger partial charge >= 0.3 is 8.56 Å². The molecule has 37 heavy (non-hydrogen) atoms. The fraction of sp³-hybridized carbons (Fsp3) is 1.00. The molecular formula is C26H64N4O2Si5. The predicted octanol–water partition coefficient (Wildman–Crippen LogP) is 3.68. The van der Waals surface area contributed by atoms with Gasteiger partial charge in [0.05, 0.1) is 19.4 Å². The molecule has 6 nitrogen and oxygen atoms in total. The Hall–Kier alpha value is 0.844. The van der Waals surface area contributed by atoms with Crippen LogP contribution in [0.15, 0.2) is 0 Å². The summed E-state index contributed by atoms with van der Waals surface area (Å²) in [5, 5.41) is 0. The second kappa shape index (κ2) is 13.7. The molecule has 0 amide bonds. The van der Waals surface area contributed by atoms with Crippen LogP contribution in [0.3, 0.4) is 0 Å². The molecule has 0 N–H and O–H groups in total. The summed E-state index contributed by atoms with van der Waals surface area (Å²) in [4.78, 5) is 4.51. The van der Waals surface area contributed by atoms with Crippen LogP contribution in [0.5, 0.6) is 0 Å². The standard InChI is InChI=1S/C26H64N4O2Si5/c1-25(2,21-29-33-17-19-35(29,9)10)23-37(31-15-13-27(5)6,32-16-14-28(7)8)24-26(3,4)22-30-34-18-20-36(30,11)12/h13-24,33-34H2,1-12H3. The molecule has 2 fully saturated rings. The maximum absolute atomic E-state index is 7.09. The number of nitrogens with zero attached hydrogens (tertiary/aromatic N) is 4. The van der Waals surface area contributed by atoms with E-state index >= 15 is 0 Å². The van der Waals surface area contributed by atoms with Gasteiger partial charge < -0.3 is 27.1 Å². The van der Waals surface area contributed by atoms with Crippen LogP contribution in [-0.4, -0.2) is 130 Å². The SMILES string of the molecule is CN(C)CCO[Si](CC(C)(C)CN1[SiH2]CC[Si]1(C)C)(CC(C)(C)CN1[SiH2]CC[Si]1(C)C)OCCN(C)C. The van der Waals surface area contributed by atoms with E-state index in [1.54, 1.807) is 0 Å². The molecule has 220 valence electrons. The van der Waals surface area contributed by atoms with E-state index < -0.39 is 25.0 Å². The Bertz CT molecular complexity index is 648. The van der Waals surface area contributed by atoms with E-state index in [-0.39, 0.29) is 30.2 Å². The van der Waals surface area contributed by atoms with Crippen molar-refractivity contribution in [2.75, 3.05) is 67.6 Å². The second-order valence-corrected chi connectivity index (χ2v) is 33.3. The molecule has 0 aliphatic carbocycles. The van der Waals surface area contributed by atoms with Gasteiger partial charge in [-0.05, 0) is 76.3 Å². The molecule has 11 heteroatoms. The van der Waals surface area contributed by atoms with Crippen LogP contribution in [0.25, 0.3) is 0 Å². The van der Waals surface area contributed by atoms with Crippen LogP contribution in [0.2, 0.25) is 62.5 Å². The highest BCUT2D eigenvalue weighted by atomic mass is 28.4. The van der Waals surface area contributed by atoms with E-state index in [9.17, 15) is 0 Å². The van der Waals surface area contributed by atoms with Gasteiger partial charge in [0.1, 0.15) is 16.5 Å². The Balaban J connectivity index is 2.31. The normalized spacial score (nSPS) is 22.9. The summed E-state index contributed by atoms with van der Waals surface area (Å²) in [6.07, 6.45) is 0. The molecule has 2 aliphatic rings. The number of rotatable bonds is 16. The van der Waals surface area contributed by atoms with Crippen LogP contribution >= 0.6 is 0 Å². The highest BCUT2D eigenvalue weighted by molar-refractivity contribution is 6.84. The first kappa shape index (κ1) is 34.0. The van der Waals surface area contributed by atoms with Crippen LogP contribution < -0.4 is 0 Å². The number of hydrogen-bond acceptors (Lipinski definition) is 6. The maximum atomic E-state index is 7.09. The Morgan fingerprint density at radius 1 is 0.703 bits per heavy atom. The first-order valence-corrected chi connectivity index (χ1v) is 26.8. The molecule has 2 heterocycles. The van der Waals surface area contributed by atoms with Crippen molar-refractivity contribution in [1.29, 1.82) is 0 Å². The summed E-state index contributed by atoms with van der Waals surface area (Å²) in [7, 11) is 3.58. The topological polar surface area (TPSA) is 31.4 Å². The van der Waals surface area contributed by atoms with Gasteiger partial charge in [-0.3, -0.25) is 0 Å². The third kappa shape index (κ3) is 11.3. The fourth-order valence-corrected chi connectivity index (χ4v) is 30.9. The summed E-state index contributed by atoms with van der Waals surface area (Å²) in [5.74, 6) is 0. The van der Waals surface area contributed by atoms with Gasteiger partial charge in [0.25, 0.3) is 0 Å². The zero-order valence-electron chi connectivity index (χ0n) is 27.0. The van der Waals surface area contributed by atoms with E-state index in [0.717, 1.165) is 38.4 Å². The van der Waals surface area contributed by atoms with Gasteiger partial charge in [0.2, 0.25) is 0 Å². The fourth-order valence-electron chi connectivity index (χ4n) is 6.65. The largest absolute Gasteiger partial charge is 0.393 e. The molecule has 0 radical (unpaired) electrons. The van der Waals surface area contributed by atoms with Crippen molar-refractivity contribution >= 4 is 44.4 Å². The highest BCUT2D eigenvalue weighted by Gasteiger charge is 2.49. The first-order valence-electron chi connectivity index (χ1n) is 14.9. The lowest BCUT2D eigenvalue weighted by Gasteiger charge is -2.46. The Morgan fingerprint density at radius 2 is 1.05 bits per heavy atom. The Kier molecular flexibility index (Phi) is 12.6. The minimum atomic E-state index is -2.48. The summed E-state index contributed by atoms with van der Waals surface area (Å²) < 4.78 is 20.2. The molecule has 0 spiro atoms. The van der Waals surface area contributed by atoms with Gasteiger partial charge in [-0.25, -0.2) is 0 Å². The smallest absolute Gasteiger partial charge is 0.339 e. The van der Waals surface area contributed by atoms with Crippen LogP contribution in [0.1, 0.15) is 27.7 Å². The molecular weight excluding hydrogens is 541 g/mol. The van der Waals surface area contributed by atoms with Gasteiger partial charge in [0.15, 0.2) is 0 Å². The zero-order valence-corrected chi connectivity index (χ0v) is 32.8. The maximum Gasteiger partial charge on any atom is 0.339 e. The van der Waals surface area contributed by atoms with Crippen molar-refractivity contribution < 1.29 is 8.85 Å². The highest BCUT2D eigenvalue weighted by Crippen LogP contribution is 2.42. The quantitative estimate of drug-likeness (QED) is 0.250. The third-order valence-electron chi connectivity index (χ3n) is 8.69. The Morgan fingerprint density at radius 3 is 1.32 bits per heavy atom. The van der Waals surface area contributed by atoms with Crippen molar-refractivity contribution in [3.05, 3.63) is 0 Å². The monoisotopic (exact) mass is 604 g/mol. The summed E-state index contributed by atoms with van der Waals surface area (Å²) in [6.45, 7) is 26.5. The summed E-state index contributed by atoms with van der Waals surface area (Å²) >= 11 is 0. The first-order chi connectivity index (χ1) is 16.9. The lowest BCUT2D eigenvalue weighted by atomic mass is 9.96. The van der Waals surface area contributed by atoms with Crippen molar-refractivity contribution in [1.82, 2.24) is 18.3 Å². The van der Waals surface area contributed by atoms with E-state index in [4.69, 9.17) is 8.85 Å². The van der Waals surface area contributed by atoms with Crippen molar-refractivity contribution in [3.8, 4) is 0 Å². The number of likely N-dealkylation sites (N-methyl/N-ethyl adjacent to an activating group) is 2. The molecule has 2 rings (SSSR count). The molecule has 0 atom stereocenters. The van der Waals surface area contributed by atoms with Gasteiger partial charge in [-0.15, -0.1) is 0 Å². The summed E-state index contributed by atoms with van der Waals surface area (Å²) in [6, 6.07) is 8.26. The third-order valence-corrected chi connectivity index (χ3v) is 30.8. The lowest BCUT2D eigenvalue weighted by molar-refractivity contribution is 0.123. The van der Waals surface area contributed by atoms with Gasteiger partial charge in [-0.1, -0.05) is 66.0 Å². The molecule has 0 aromatic rings. The van der Waals surface area contributed by atoms with E-state index in [1.807, 2.05) is 0 Å². The van der Waals surface area contributed by atoms with Crippen molar-refractivity contribution in [2.24, 2.45) is 10.8 Å². The average Bonchev–Trinajstić information content (AvgIpc) is 3.19. The van der Waals surface area contributed by atoms with E-state index in [0.29, 0.717) is 0 Å². The van der Waals surface area contributed by atoms with E-state index in [2.05, 4.69) is 100 Å². The second-order valence-electron chi connectivity index (χ2n) is 15.6. The average molecular weight is 605 g/mol. The molecule has 2 saturated heterocycles. The van der Waals surface area contributed by atoms with Crippen molar-refractivity contribution in [3.63, 3.8) is 0 Å². The van der Waals surface area contributed by atoms with Gasteiger partial charge in [-0.2, -0.15) is 0 Å². The van der Waals surface area contributed by atoms with Crippen LogP contribution in [0, 0.1) is 10.8 Å².